The van der Waals surface area contributed by atoms with Crippen LogP contribution in [0.25, 0.3) is 0 Å². The van der Waals surface area contributed by atoms with Gasteiger partial charge in [0.2, 0.25) is 5.91 Å². The minimum Gasteiger partial charge on any atom is -0.325 e. The second kappa shape index (κ2) is 5.11. The number of nitrogens with zero attached hydrogens (tertiary/aromatic N) is 2. The molecule has 0 aromatic carbocycles. The van der Waals surface area contributed by atoms with E-state index in [0.29, 0.717) is 12.1 Å². The molecule has 1 amide bonds. The van der Waals surface area contributed by atoms with E-state index in [0.717, 1.165) is 5.69 Å². The number of carbonyl (C=O) groups is 1. The molecule has 1 heterocycles. The third-order valence-electron chi connectivity index (χ3n) is 2.04. The Labute approximate surface area is 88.9 Å². The van der Waals surface area contributed by atoms with Crippen molar-refractivity contribution in [3.8, 4) is 6.07 Å². The molecule has 0 aliphatic heterocycles. The summed E-state index contributed by atoms with van der Waals surface area (Å²) in [7, 11) is 0. The fourth-order valence-electron chi connectivity index (χ4n) is 1.19. The van der Waals surface area contributed by atoms with Crippen LogP contribution in [0.1, 0.15) is 19.0 Å². The van der Waals surface area contributed by atoms with Gasteiger partial charge in [-0.1, -0.05) is 6.92 Å². The van der Waals surface area contributed by atoms with Crippen LogP contribution in [0.2, 0.25) is 0 Å². The maximum absolute atomic E-state index is 11.5. The molecule has 0 aliphatic rings. The van der Waals surface area contributed by atoms with Crippen molar-refractivity contribution in [1.29, 1.82) is 5.26 Å². The Balaban J connectivity index is 2.71. The monoisotopic (exact) mass is 203 g/mol. The van der Waals surface area contributed by atoms with E-state index in [-0.39, 0.29) is 5.91 Å². The summed E-state index contributed by atoms with van der Waals surface area (Å²) in [5.74, 6) is -0.843. The van der Waals surface area contributed by atoms with Crippen molar-refractivity contribution in [1.82, 2.24) is 4.98 Å². The van der Waals surface area contributed by atoms with Crippen LogP contribution in [-0.2, 0) is 4.79 Å². The van der Waals surface area contributed by atoms with Gasteiger partial charge in [0.15, 0.2) is 0 Å². The first-order valence-corrected chi connectivity index (χ1v) is 4.80. The number of nitriles is 1. The van der Waals surface area contributed by atoms with Crippen molar-refractivity contribution in [2.75, 3.05) is 5.32 Å². The van der Waals surface area contributed by atoms with E-state index >= 15 is 0 Å². The predicted octanol–water partition coefficient (Wildman–Crippen LogP) is 1.88. The van der Waals surface area contributed by atoms with Gasteiger partial charge in [0, 0.05) is 17.6 Å². The summed E-state index contributed by atoms with van der Waals surface area (Å²) in [5.41, 5.74) is 1.51. The Morgan fingerprint density at radius 1 is 1.73 bits per heavy atom. The second-order valence-corrected chi connectivity index (χ2v) is 3.27. The molecule has 1 N–H and O–H groups in total. The smallest absolute Gasteiger partial charge is 0.241 e. The van der Waals surface area contributed by atoms with Crippen molar-refractivity contribution in [2.24, 2.45) is 5.92 Å². The van der Waals surface area contributed by atoms with Crippen LogP contribution in [-0.4, -0.2) is 10.9 Å². The molecule has 1 rings (SSSR count). The molecule has 0 aliphatic carbocycles. The van der Waals surface area contributed by atoms with Crippen LogP contribution in [0.5, 0.6) is 0 Å². The fourth-order valence-corrected chi connectivity index (χ4v) is 1.19. The zero-order valence-electron chi connectivity index (χ0n) is 8.82. The van der Waals surface area contributed by atoms with Crippen molar-refractivity contribution >= 4 is 11.6 Å². The fraction of sp³-hybridized carbons (Fsp3) is 0.364. The van der Waals surface area contributed by atoms with Gasteiger partial charge in [-0.25, -0.2) is 0 Å². The molecular weight excluding hydrogens is 190 g/mol. The highest BCUT2D eigenvalue weighted by Crippen LogP contribution is 2.10. The average molecular weight is 203 g/mol. The number of pyridine rings is 1. The van der Waals surface area contributed by atoms with E-state index in [1.165, 1.54) is 0 Å². The number of anilines is 1. The lowest BCUT2D eigenvalue weighted by Crippen LogP contribution is -2.20. The highest BCUT2D eigenvalue weighted by Gasteiger charge is 2.15. The van der Waals surface area contributed by atoms with E-state index in [2.05, 4.69) is 10.3 Å². The quantitative estimate of drug-likeness (QED) is 0.815. The first kappa shape index (κ1) is 11.2. The number of amides is 1. The van der Waals surface area contributed by atoms with Crippen LogP contribution in [0.4, 0.5) is 5.69 Å². The molecule has 1 atom stereocenters. The Morgan fingerprint density at radius 2 is 2.47 bits per heavy atom. The number of hydrogen-bond donors (Lipinski definition) is 1. The molecule has 0 saturated heterocycles. The third-order valence-corrected chi connectivity index (χ3v) is 2.04. The van der Waals surface area contributed by atoms with Crippen LogP contribution in [0.15, 0.2) is 18.3 Å². The van der Waals surface area contributed by atoms with Gasteiger partial charge in [0.25, 0.3) is 0 Å². The Kier molecular flexibility index (Phi) is 3.81. The molecule has 1 aromatic heterocycles. The first-order chi connectivity index (χ1) is 7.17. The Bertz CT molecular complexity index is 395. The van der Waals surface area contributed by atoms with Gasteiger partial charge in [-0.2, -0.15) is 5.26 Å². The summed E-state index contributed by atoms with van der Waals surface area (Å²) >= 11 is 0. The first-order valence-electron chi connectivity index (χ1n) is 4.80. The van der Waals surface area contributed by atoms with Crippen LogP contribution < -0.4 is 5.32 Å². The molecule has 78 valence electrons. The summed E-state index contributed by atoms with van der Waals surface area (Å²) in [6.07, 6.45) is 2.14. The largest absolute Gasteiger partial charge is 0.325 e. The molecular formula is C11H13N3O. The maximum atomic E-state index is 11.5. The van der Waals surface area contributed by atoms with Gasteiger partial charge in [0.05, 0.1) is 6.07 Å². The van der Waals surface area contributed by atoms with Crippen LogP contribution >= 0.6 is 0 Å². The molecule has 0 bridgehead atoms. The van der Waals surface area contributed by atoms with Crippen LogP contribution in [0.3, 0.4) is 0 Å². The number of carbonyl (C=O) groups excluding carboxylic acids is 1. The topological polar surface area (TPSA) is 65.8 Å². The van der Waals surface area contributed by atoms with E-state index in [4.69, 9.17) is 5.26 Å². The van der Waals surface area contributed by atoms with Gasteiger partial charge in [0.1, 0.15) is 5.92 Å². The lowest BCUT2D eigenvalue weighted by molar-refractivity contribution is -0.118. The lowest BCUT2D eigenvalue weighted by Gasteiger charge is -2.08. The summed E-state index contributed by atoms with van der Waals surface area (Å²) in [5, 5.41) is 11.4. The molecule has 1 unspecified atom stereocenters. The molecule has 4 nitrogen and oxygen atoms in total. The molecule has 0 fully saturated rings. The van der Waals surface area contributed by atoms with Gasteiger partial charge in [-0.15, -0.1) is 0 Å². The van der Waals surface area contributed by atoms with Gasteiger partial charge < -0.3 is 5.32 Å². The summed E-state index contributed by atoms with van der Waals surface area (Å²) in [6.45, 7) is 3.66. The minimum atomic E-state index is -0.585. The Morgan fingerprint density at radius 3 is 3.00 bits per heavy atom. The number of aryl methyl sites for hydroxylation is 1. The second-order valence-electron chi connectivity index (χ2n) is 3.27. The lowest BCUT2D eigenvalue weighted by atomic mass is 10.1. The average Bonchev–Trinajstić information content (AvgIpc) is 2.19. The highest BCUT2D eigenvalue weighted by molar-refractivity contribution is 5.94. The van der Waals surface area contributed by atoms with Crippen molar-refractivity contribution in [2.45, 2.75) is 20.3 Å². The SMILES string of the molecule is CCC(C#N)C(=O)Nc1ccnc(C)c1. The zero-order chi connectivity index (χ0) is 11.3. The molecule has 0 spiro atoms. The van der Waals surface area contributed by atoms with Gasteiger partial charge in [-0.3, -0.25) is 9.78 Å². The summed E-state index contributed by atoms with van der Waals surface area (Å²) < 4.78 is 0. The standard InChI is InChI=1S/C11H13N3O/c1-3-9(7-12)11(15)14-10-4-5-13-8(2)6-10/h4-6,9H,3H2,1-2H3,(H,13,14,15). The third kappa shape index (κ3) is 3.06. The summed E-state index contributed by atoms with van der Waals surface area (Å²) in [4.78, 5) is 15.5. The number of hydrogen-bond acceptors (Lipinski definition) is 3. The summed E-state index contributed by atoms with van der Waals surface area (Å²) in [6, 6.07) is 5.43. The van der Waals surface area contributed by atoms with E-state index in [1.54, 1.807) is 18.3 Å². The van der Waals surface area contributed by atoms with E-state index < -0.39 is 5.92 Å². The number of aromatic nitrogens is 1. The molecule has 15 heavy (non-hydrogen) atoms. The molecule has 0 saturated carbocycles. The normalized spacial score (nSPS) is 11.5. The van der Waals surface area contributed by atoms with E-state index in [9.17, 15) is 4.79 Å². The Hall–Kier alpha value is -1.89. The predicted molar refractivity (Wildman–Crippen MR) is 57.0 cm³/mol. The zero-order valence-corrected chi connectivity index (χ0v) is 8.82. The van der Waals surface area contributed by atoms with E-state index in [1.807, 2.05) is 19.9 Å². The molecule has 4 heteroatoms. The number of nitrogens with one attached hydrogen (secondary N) is 1. The maximum Gasteiger partial charge on any atom is 0.241 e. The van der Waals surface area contributed by atoms with Crippen LogP contribution in [0, 0.1) is 24.2 Å². The minimum absolute atomic E-state index is 0.259. The molecule has 0 radical (unpaired) electrons. The van der Waals surface area contributed by atoms with Gasteiger partial charge >= 0.3 is 0 Å². The highest BCUT2D eigenvalue weighted by atomic mass is 16.1. The number of rotatable bonds is 3. The van der Waals surface area contributed by atoms with Crippen molar-refractivity contribution < 1.29 is 4.79 Å². The van der Waals surface area contributed by atoms with Gasteiger partial charge in [-0.05, 0) is 25.5 Å². The van der Waals surface area contributed by atoms with Crippen molar-refractivity contribution in [3.63, 3.8) is 0 Å². The molecule has 1 aromatic rings. The van der Waals surface area contributed by atoms with Crippen molar-refractivity contribution in [3.05, 3.63) is 24.0 Å².